The summed E-state index contributed by atoms with van der Waals surface area (Å²) in [7, 11) is 0. The fraction of sp³-hybridized carbons (Fsp3) is 0.526. The number of carbonyl (C=O) groups is 1. The van der Waals surface area contributed by atoms with Gasteiger partial charge in [0.1, 0.15) is 0 Å². The third kappa shape index (κ3) is 3.76. The third-order valence-corrected chi connectivity index (χ3v) is 4.91. The van der Waals surface area contributed by atoms with Crippen LogP contribution in [0.3, 0.4) is 0 Å². The predicted octanol–water partition coefficient (Wildman–Crippen LogP) is 3.29. The molecule has 1 saturated carbocycles. The topological polar surface area (TPSA) is 80.0 Å². The molecule has 6 nitrogen and oxygen atoms in total. The second kappa shape index (κ2) is 7.76. The van der Waals surface area contributed by atoms with Crippen molar-refractivity contribution in [1.29, 1.82) is 0 Å². The van der Waals surface area contributed by atoms with E-state index in [0.29, 0.717) is 23.7 Å². The number of hydrogen-bond donors (Lipinski definition) is 2. The van der Waals surface area contributed by atoms with Crippen LogP contribution >= 0.6 is 12.4 Å². The Hall–Kier alpha value is -1.92. The van der Waals surface area contributed by atoms with E-state index < -0.39 is 0 Å². The summed E-state index contributed by atoms with van der Waals surface area (Å²) in [6, 6.07) is 1.94. The Morgan fingerprint density at radius 1 is 1.42 bits per heavy atom. The lowest BCUT2D eigenvalue weighted by molar-refractivity contribution is 0.0958. The maximum absolute atomic E-state index is 12.9. The van der Waals surface area contributed by atoms with Crippen molar-refractivity contribution in [3.8, 4) is 0 Å². The number of fused-ring (bicyclic) bond motifs is 1. The first-order chi connectivity index (χ1) is 12.1. The third-order valence-electron chi connectivity index (χ3n) is 4.91. The van der Waals surface area contributed by atoms with Crippen LogP contribution in [-0.4, -0.2) is 35.7 Å². The van der Waals surface area contributed by atoms with E-state index in [1.165, 1.54) is 5.57 Å². The van der Waals surface area contributed by atoms with Crippen LogP contribution in [0, 0.1) is 0 Å². The molecule has 0 aromatic carbocycles. The van der Waals surface area contributed by atoms with Gasteiger partial charge in [0.2, 0.25) is 0 Å². The largest absolute Gasteiger partial charge is 0.348 e. The van der Waals surface area contributed by atoms with E-state index in [-0.39, 0.29) is 24.2 Å². The van der Waals surface area contributed by atoms with E-state index in [9.17, 15) is 4.79 Å². The van der Waals surface area contributed by atoms with Gasteiger partial charge in [-0.3, -0.25) is 4.79 Å². The number of hydrogen-bond acceptors (Lipinski definition) is 5. The highest BCUT2D eigenvalue weighted by atomic mass is 35.5. The zero-order valence-corrected chi connectivity index (χ0v) is 16.0. The van der Waals surface area contributed by atoms with Gasteiger partial charge in [0, 0.05) is 24.7 Å². The molecule has 0 saturated heterocycles. The predicted molar refractivity (Wildman–Crippen MR) is 103 cm³/mol. The molecule has 4 rings (SSSR count). The molecule has 140 valence electrons. The molecule has 0 unspecified atom stereocenters. The quantitative estimate of drug-likeness (QED) is 0.782. The minimum Gasteiger partial charge on any atom is -0.348 e. The lowest BCUT2D eigenvalue weighted by Gasteiger charge is -2.15. The summed E-state index contributed by atoms with van der Waals surface area (Å²) in [5.41, 5.74) is 4.15. The van der Waals surface area contributed by atoms with Crippen molar-refractivity contribution in [1.82, 2.24) is 20.8 Å². The first kappa shape index (κ1) is 18.9. The molecule has 1 aliphatic heterocycles. The monoisotopic (exact) mass is 376 g/mol. The summed E-state index contributed by atoms with van der Waals surface area (Å²) in [4.78, 5) is 17.5. The van der Waals surface area contributed by atoms with Crippen LogP contribution in [0.15, 0.2) is 22.2 Å². The summed E-state index contributed by atoms with van der Waals surface area (Å²) in [5, 5.41) is 11.3. The first-order valence-electron chi connectivity index (χ1n) is 9.10. The van der Waals surface area contributed by atoms with Gasteiger partial charge < -0.3 is 15.2 Å². The molecule has 2 aromatic rings. The number of aromatic nitrogens is 2. The van der Waals surface area contributed by atoms with Gasteiger partial charge in [0.15, 0.2) is 0 Å². The molecule has 7 heteroatoms. The average Bonchev–Trinajstić information content (AvgIpc) is 3.38. The van der Waals surface area contributed by atoms with Crippen LogP contribution < -0.4 is 10.6 Å². The smallest absolute Gasteiger partial charge is 0.259 e. The van der Waals surface area contributed by atoms with Gasteiger partial charge >= 0.3 is 0 Å². The molecule has 0 spiro atoms. The molecular formula is C19H25ClN4O2. The summed E-state index contributed by atoms with van der Waals surface area (Å²) in [5.74, 6) is 0.558. The van der Waals surface area contributed by atoms with Crippen LogP contribution in [0.2, 0.25) is 0 Å². The van der Waals surface area contributed by atoms with E-state index in [0.717, 1.165) is 49.1 Å². The minimum absolute atomic E-state index is 0. The Kier molecular flexibility index (Phi) is 5.63. The van der Waals surface area contributed by atoms with Crippen molar-refractivity contribution in [2.45, 2.75) is 44.9 Å². The standard InChI is InChI=1S/C19H24N4O2.ClH/c1-11(2)17-16-14(18(24)21-10-12-5-7-20-8-6-12)9-15(13-3-4-13)22-19(16)25-23-17;/h5,9,11,13,20H,3-4,6-8,10H2,1-2H3,(H,21,24);1H. The molecule has 2 aromatic heterocycles. The van der Waals surface area contributed by atoms with Gasteiger partial charge in [0.05, 0.1) is 16.6 Å². The molecule has 3 heterocycles. The van der Waals surface area contributed by atoms with Gasteiger partial charge in [-0.15, -0.1) is 12.4 Å². The van der Waals surface area contributed by atoms with Gasteiger partial charge in [-0.05, 0) is 37.8 Å². The Labute approximate surface area is 159 Å². The highest BCUT2D eigenvalue weighted by molar-refractivity contribution is 6.06. The van der Waals surface area contributed by atoms with E-state index >= 15 is 0 Å². The Morgan fingerprint density at radius 3 is 2.88 bits per heavy atom. The van der Waals surface area contributed by atoms with Crippen LogP contribution in [0.5, 0.6) is 0 Å². The fourth-order valence-corrected chi connectivity index (χ4v) is 3.27. The van der Waals surface area contributed by atoms with Crippen molar-refractivity contribution in [2.75, 3.05) is 19.6 Å². The van der Waals surface area contributed by atoms with Crippen molar-refractivity contribution in [3.63, 3.8) is 0 Å². The summed E-state index contributed by atoms with van der Waals surface area (Å²) < 4.78 is 5.45. The number of amides is 1. The maximum Gasteiger partial charge on any atom is 0.259 e. The number of rotatable bonds is 5. The Balaban J connectivity index is 0.00000196. The summed E-state index contributed by atoms with van der Waals surface area (Å²) >= 11 is 0. The van der Waals surface area contributed by atoms with Crippen LogP contribution in [-0.2, 0) is 0 Å². The fourth-order valence-electron chi connectivity index (χ4n) is 3.27. The normalized spacial score (nSPS) is 17.1. The molecule has 0 atom stereocenters. The summed E-state index contributed by atoms with van der Waals surface area (Å²) in [6.07, 6.45) is 5.39. The molecule has 2 N–H and O–H groups in total. The molecule has 1 amide bonds. The Morgan fingerprint density at radius 2 is 2.23 bits per heavy atom. The van der Waals surface area contributed by atoms with Crippen molar-refractivity contribution < 1.29 is 9.32 Å². The number of carbonyl (C=O) groups excluding carboxylic acids is 1. The zero-order valence-electron chi connectivity index (χ0n) is 15.2. The molecule has 1 fully saturated rings. The van der Waals surface area contributed by atoms with E-state index in [2.05, 4.69) is 26.9 Å². The highest BCUT2D eigenvalue weighted by Crippen LogP contribution is 2.41. The van der Waals surface area contributed by atoms with E-state index in [1.807, 2.05) is 19.9 Å². The number of nitrogens with one attached hydrogen (secondary N) is 2. The van der Waals surface area contributed by atoms with Crippen molar-refractivity contribution in [2.24, 2.45) is 0 Å². The maximum atomic E-state index is 12.9. The number of pyridine rings is 1. The van der Waals surface area contributed by atoms with E-state index in [1.54, 1.807) is 0 Å². The molecule has 1 aliphatic carbocycles. The van der Waals surface area contributed by atoms with Gasteiger partial charge in [0.25, 0.3) is 11.6 Å². The zero-order chi connectivity index (χ0) is 17.4. The van der Waals surface area contributed by atoms with Crippen LogP contribution in [0.25, 0.3) is 11.1 Å². The van der Waals surface area contributed by atoms with E-state index in [4.69, 9.17) is 4.52 Å². The lowest BCUT2D eigenvalue weighted by atomic mass is 10.0. The highest BCUT2D eigenvalue weighted by Gasteiger charge is 2.29. The summed E-state index contributed by atoms with van der Waals surface area (Å²) in [6.45, 7) is 6.53. The van der Waals surface area contributed by atoms with Crippen molar-refractivity contribution in [3.05, 3.63) is 34.7 Å². The number of nitrogens with zero attached hydrogens (tertiary/aromatic N) is 2. The second-order valence-electron chi connectivity index (χ2n) is 7.27. The molecule has 2 aliphatic rings. The van der Waals surface area contributed by atoms with Gasteiger partial charge in [-0.25, -0.2) is 4.98 Å². The van der Waals surface area contributed by atoms with Crippen molar-refractivity contribution >= 4 is 29.4 Å². The molecule has 0 bridgehead atoms. The van der Waals surface area contributed by atoms with Gasteiger partial charge in [-0.1, -0.05) is 30.7 Å². The number of halogens is 1. The molecular weight excluding hydrogens is 352 g/mol. The van der Waals surface area contributed by atoms with Crippen LogP contribution in [0.1, 0.15) is 66.7 Å². The lowest BCUT2D eigenvalue weighted by Crippen LogP contribution is -2.30. The molecule has 26 heavy (non-hydrogen) atoms. The first-order valence-corrected chi connectivity index (χ1v) is 9.10. The second-order valence-corrected chi connectivity index (χ2v) is 7.27. The molecule has 0 radical (unpaired) electrons. The van der Waals surface area contributed by atoms with Gasteiger partial charge in [-0.2, -0.15) is 0 Å². The minimum atomic E-state index is -0.0705. The van der Waals surface area contributed by atoms with Crippen LogP contribution in [0.4, 0.5) is 0 Å². The Bertz CT molecular complexity index is 839. The SMILES string of the molecule is CC(C)c1noc2nc(C3CC3)cc(C(=O)NCC3=CCNCC3)c12.Cl. The average molecular weight is 377 g/mol.